The first-order chi connectivity index (χ1) is 10.5. The van der Waals surface area contributed by atoms with Crippen LogP contribution in [0.3, 0.4) is 0 Å². The molecule has 0 radical (unpaired) electrons. The molecule has 1 fully saturated rings. The van der Waals surface area contributed by atoms with Crippen molar-refractivity contribution in [1.82, 2.24) is 14.5 Å². The third kappa shape index (κ3) is 1.73. The molecular formula is C14H12FN3O4. The number of hydrogen-bond acceptors (Lipinski definition) is 4. The number of rotatable bonds is 1. The molecule has 1 aromatic heterocycles. The number of imidazole rings is 1. The fourth-order valence-electron chi connectivity index (χ4n) is 3.25. The molecule has 2 N–H and O–H groups in total. The zero-order chi connectivity index (χ0) is 15.4. The van der Waals surface area contributed by atoms with E-state index < -0.39 is 18.0 Å². The first-order valence-corrected chi connectivity index (χ1v) is 6.82. The molecule has 2 bridgehead atoms. The number of likely N-dealkylation sites (tertiary alicyclic amines) is 1. The fraction of sp³-hybridized carbons (Fsp3) is 0.286. The van der Waals surface area contributed by atoms with E-state index in [1.165, 1.54) is 33.7 Å². The Morgan fingerprint density at radius 1 is 1.36 bits per heavy atom. The number of ether oxygens (including phenoxy) is 1. The second-order valence-electron chi connectivity index (χ2n) is 5.41. The number of carbonyl (C=O) groups excluding carboxylic acids is 1. The Balaban J connectivity index is 1.58. The van der Waals surface area contributed by atoms with Crippen LogP contribution in [0.25, 0.3) is 0 Å². The van der Waals surface area contributed by atoms with E-state index in [1.807, 2.05) is 0 Å². The maximum absolute atomic E-state index is 12.8. The number of amides is 1. The molecule has 2 atom stereocenters. The predicted molar refractivity (Wildman–Crippen MR) is 72.2 cm³/mol. The lowest BCUT2D eigenvalue weighted by molar-refractivity contribution is 0.140. The highest BCUT2D eigenvalue weighted by molar-refractivity contribution is 5.72. The Hall–Kier alpha value is -2.77. The van der Waals surface area contributed by atoms with Gasteiger partial charge < -0.3 is 9.84 Å². The summed E-state index contributed by atoms with van der Waals surface area (Å²) in [6, 6.07) is 4.58. The van der Waals surface area contributed by atoms with E-state index in [0.29, 0.717) is 18.7 Å². The maximum Gasteiger partial charge on any atom is 0.415 e. The first kappa shape index (κ1) is 12.9. The molecule has 22 heavy (non-hydrogen) atoms. The lowest BCUT2D eigenvalue weighted by Gasteiger charge is -2.26. The zero-order valence-corrected chi connectivity index (χ0v) is 11.3. The van der Waals surface area contributed by atoms with Crippen LogP contribution in [0.4, 0.5) is 9.18 Å². The van der Waals surface area contributed by atoms with Gasteiger partial charge in [-0.1, -0.05) is 0 Å². The summed E-state index contributed by atoms with van der Waals surface area (Å²) in [5, 5.41) is 9.80. The van der Waals surface area contributed by atoms with E-state index in [1.54, 1.807) is 0 Å². The van der Waals surface area contributed by atoms with Gasteiger partial charge in [0.1, 0.15) is 17.3 Å². The molecule has 2 aromatic rings. The second kappa shape index (κ2) is 4.36. The Morgan fingerprint density at radius 2 is 2.09 bits per heavy atom. The molecule has 0 saturated carbocycles. The Kier molecular flexibility index (Phi) is 2.56. The third-order valence-corrected chi connectivity index (χ3v) is 4.16. The van der Waals surface area contributed by atoms with Crippen molar-refractivity contribution in [3.05, 3.63) is 46.3 Å². The standard InChI is InChI=1S/C14H12FN3O4/c15-7-1-3-9(4-2-7)22-14(21)17-6-8-5-10(17)11-12(19)16-13(20)18(8)11/h1-4,8,10,19H,5-6H2,(H,16,20). The lowest BCUT2D eigenvalue weighted by atomic mass is 10.2. The summed E-state index contributed by atoms with van der Waals surface area (Å²) in [4.78, 5) is 27.8. The largest absolute Gasteiger partial charge is 0.493 e. The van der Waals surface area contributed by atoms with Gasteiger partial charge in [-0.15, -0.1) is 0 Å². The van der Waals surface area contributed by atoms with Gasteiger partial charge in [0.25, 0.3) is 0 Å². The normalized spacial score (nSPS) is 22.0. The minimum atomic E-state index is -0.585. The Morgan fingerprint density at radius 3 is 2.82 bits per heavy atom. The maximum atomic E-state index is 12.8. The molecule has 2 aliphatic heterocycles. The van der Waals surface area contributed by atoms with E-state index in [-0.39, 0.29) is 23.4 Å². The second-order valence-corrected chi connectivity index (χ2v) is 5.41. The number of aromatic hydroxyl groups is 1. The predicted octanol–water partition coefficient (Wildman–Crippen LogP) is 1.52. The van der Waals surface area contributed by atoms with Crippen LogP contribution in [0.2, 0.25) is 0 Å². The van der Waals surface area contributed by atoms with Gasteiger partial charge in [0.2, 0.25) is 5.88 Å². The number of hydrogen-bond donors (Lipinski definition) is 2. The quantitative estimate of drug-likeness (QED) is 0.836. The van der Waals surface area contributed by atoms with Crippen LogP contribution in [0.15, 0.2) is 29.1 Å². The van der Waals surface area contributed by atoms with Crippen molar-refractivity contribution >= 4 is 6.09 Å². The zero-order valence-electron chi connectivity index (χ0n) is 11.3. The number of H-pyrrole nitrogens is 1. The van der Waals surface area contributed by atoms with Crippen LogP contribution < -0.4 is 10.4 Å². The van der Waals surface area contributed by atoms with Gasteiger partial charge in [-0.2, -0.15) is 0 Å². The number of nitrogens with zero attached hydrogens (tertiary/aromatic N) is 2. The van der Waals surface area contributed by atoms with E-state index in [2.05, 4.69) is 4.98 Å². The third-order valence-electron chi connectivity index (χ3n) is 4.16. The van der Waals surface area contributed by atoms with Gasteiger partial charge in [0.05, 0.1) is 12.1 Å². The van der Waals surface area contributed by atoms with Crippen molar-refractivity contribution in [3.8, 4) is 11.6 Å². The molecule has 4 rings (SSSR count). The van der Waals surface area contributed by atoms with Crippen LogP contribution >= 0.6 is 0 Å². The molecule has 1 amide bonds. The Bertz CT molecular complexity index is 810. The number of aromatic nitrogens is 2. The molecular weight excluding hydrogens is 293 g/mol. The summed E-state index contributed by atoms with van der Waals surface area (Å²) >= 11 is 0. The lowest BCUT2D eigenvalue weighted by Crippen LogP contribution is -2.38. The van der Waals surface area contributed by atoms with Crippen LogP contribution in [0.5, 0.6) is 11.6 Å². The minimum Gasteiger partial charge on any atom is -0.493 e. The average molecular weight is 305 g/mol. The van der Waals surface area contributed by atoms with Gasteiger partial charge in [-0.05, 0) is 30.7 Å². The van der Waals surface area contributed by atoms with Crippen molar-refractivity contribution in [3.63, 3.8) is 0 Å². The molecule has 7 nitrogen and oxygen atoms in total. The number of benzene rings is 1. The topological polar surface area (TPSA) is 87.6 Å². The van der Waals surface area contributed by atoms with Crippen molar-refractivity contribution in [1.29, 1.82) is 0 Å². The first-order valence-electron chi connectivity index (χ1n) is 6.82. The summed E-state index contributed by atoms with van der Waals surface area (Å²) in [6.07, 6.45) is -0.0101. The van der Waals surface area contributed by atoms with E-state index in [0.717, 1.165) is 0 Å². The SMILES string of the molecule is O=C(Oc1ccc(F)cc1)N1CC2CC1c1c(O)[nH]c(=O)n12. The molecule has 2 unspecified atom stereocenters. The van der Waals surface area contributed by atoms with Gasteiger partial charge in [0.15, 0.2) is 0 Å². The van der Waals surface area contributed by atoms with Gasteiger partial charge in [-0.3, -0.25) is 14.5 Å². The van der Waals surface area contributed by atoms with Crippen molar-refractivity contribution in [2.45, 2.75) is 18.5 Å². The highest BCUT2D eigenvalue weighted by atomic mass is 19.1. The number of nitrogens with one attached hydrogen (secondary N) is 1. The molecule has 8 heteroatoms. The van der Waals surface area contributed by atoms with Crippen LogP contribution in [0.1, 0.15) is 24.2 Å². The summed E-state index contributed by atoms with van der Waals surface area (Å²) in [5.41, 5.74) is 0.0452. The molecule has 1 saturated heterocycles. The highest BCUT2D eigenvalue weighted by Gasteiger charge is 2.48. The summed E-state index contributed by atoms with van der Waals surface area (Å²) in [7, 11) is 0. The van der Waals surface area contributed by atoms with Crippen molar-refractivity contribution in [2.75, 3.05) is 6.54 Å². The summed E-state index contributed by atoms with van der Waals surface area (Å²) in [6.45, 7) is 0.342. The molecule has 3 heterocycles. The molecule has 114 valence electrons. The van der Waals surface area contributed by atoms with Crippen molar-refractivity contribution in [2.24, 2.45) is 0 Å². The number of carbonyl (C=O) groups is 1. The highest BCUT2D eigenvalue weighted by Crippen LogP contribution is 2.47. The van der Waals surface area contributed by atoms with E-state index in [4.69, 9.17) is 4.74 Å². The monoisotopic (exact) mass is 305 g/mol. The number of halogens is 1. The molecule has 0 aliphatic carbocycles. The van der Waals surface area contributed by atoms with E-state index in [9.17, 15) is 19.1 Å². The average Bonchev–Trinajstić information content (AvgIpc) is 3.14. The molecule has 2 aliphatic rings. The fourth-order valence-corrected chi connectivity index (χ4v) is 3.25. The van der Waals surface area contributed by atoms with Crippen LogP contribution in [-0.2, 0) is 0 Å². The minimum absolute atomic E-state index is 0.162. The van der Waals surface area contributed by atoms with Crippen molar-refractivity contribution < 1.29 is 19.0 Å². The molecule has 1 aromatic carbocycles. The van der Waals surface area contributed by atoms with Crippen LogP contribution in [0, 0.1) is 5.82 Å². The smallest absolute Gasteiger partial charge is 0.415 e. The Labute approximate surface area is 123 Å². The molecule has 0 spiro atoms. The summed E-state index contributed by atoms with van der Waals surface area (Å²) in [5.74, 6) is -0.386. The van der Waals surface area contributed by atoms with E-state index >= 15 is 0 Å². The van der Waals surface area contributed by atoms with Gasteiger partial charge in [-0.25, -0.2) is 14.0 Å². The van der Waals surface area contributed by atoms with Crippen LogP contribution in [-0.4, -0.2) is 32.2 Å². The summed E-state index contributed by atoms with van der Waals surface area (Å²) < 4.78 is 19.5. The number of fused-ring (bicyclic) bond motifs is 5. The number of aromatic amines is 1. The van der Waals surface area contributed by atoms with Gasteiger partial charge in [0, 0.05) is 6.54 Å². The van der Waals surface area contributed by atoms with Gasteiger partial charge >= 0.3 is 11.8 Å².